The molecule has 2 aliphatic rings. The molecule has 0 aliphatic carbocycles. The SMILES string of the molecule is CN[C@@H]1CCN(c2cc(C3CCN(C(=O)CCc4ccccc4)CC3)nc(N)n2)C1. The number of anilines is 2. The van der Waals surface area contributed by atoms with E-state index in [1.165, 1.54) is 5.56 Å². The number of nitrogens with one attached hydrogen (secondary N) is 1. The molecule has 0 radical (unpaired) electrons. The van der Waals surface area contributed by atoms with E-state index in [1.54, 1.807) is 0 Å². The van der Waals surface area contributed by atoms with Crippen LogP contribution in [-0.4, -0.2) is 60.0 Å². The number of aromatic nitrogens is 2. The van der Waals surface area contributed by atoms with Crippen LogP contribution in [0.25, 0.3) is 0 Å². The Kier molecular flexibility index (Phi) is 6.47. The van der Waals surface area contributed by atoms with Gasteiger partial charge in [0, 0.05) is 50.6 Å². The first-order chi connectivity index (χ1) is 14.6. The Morgan fingerprint density at radius 3 is 2.60 bits per heavy atom. The number of piperidine rings is 1. The van der Waals surface area contributed by atoms with Gasteiger partial charge in [-0.2, -0.15) is 4.98 Å². The van der Waals surface area contributed by atoms with Crippen LogP contribution >= 0.6 is 0 Å². The number of carbonyl (C=O) groups is 1. The summed E-state index contributed by atoms with van der Waals surface area (Å²) in [4.78, 5) is 25.9. The summed E-state index contributed by atoms with van der Waals surface area (Å²) in [6.07, 6.45) is 4.33. The number of rotatable bonds is 6. The van der Waals surface area contributed by atoms with E-state index in [0.717, 1.165) is 63.4 Å². The summed E-state index contributed by atoms with van der Waals surface area (Å²) in [5.41, 5.74) is 8.27. The Morgan fingerprint density at radius 2 is 1.90 bits per heavy atom. The average molecular weight is 409 g/mol. The number of nitrogens with two attached hydrogens (primary N) is 1. The van der Waals surface area contributed by atoms with Crippen LogP contribution in [0.15, 0.2) is 36.4 Å². The van der Waals surface area contributed by atoms with Gasteiger partial charge in [-0.1, -0.05) is 30.3 Å². The molecular weight excluding hydrogens is 376 g/mol. The molecule has 2 aromatic rings. The highest BCUT2D eigenvalue weighted by atomic mass is 16.2. The zero-order valence-electron chi connectivity index (χ0n) is 17.8. The number of nitrogen functional groups attached to an aromatic ring is 1. The molecule has 160 valence electrons. The highest BCUT2D eigenvalue weighted by Crippen LogP contribution is 2.30. The van der Waals surface area contributed by atoms with Gasteiger partial charge in [-0.3, -0.25) is 4.79 Å². The van der Waals surface area contributed by atoms with E-state index in [1.807, 2.05) is 30.1 Å². The van der Waals surface area contributed by atoms with E-state index in [9.17, 15) is 4.79 Å². The number of hydrogen-bond acceptors (Lipinski definition) is 6. The fraction of sp³-hybridized carbons (Fsp3) is 0.522. The number of hydrogen-bond donors (Lipinski definition) is 2. The number of likely N-dealkylation sites (N-methyl/N-ethyl adjacent to an activating group) is 1. The molecule has 1 atom stereocenters. The van der Waals surface area contributed by atoms with E-state index < -0.39 is 0 Å². The number of carbonyl (C=O) groups excluding carboxylic acids is 1. The highest BCUT2D eigenvalue weighted by Gasteiger charge is 2.27. The maximum Gasteiger partial charge on any atom is 0.222 e. The lowest BCUT2D eigenvalue weighted by atomic mass is 9.93. The lowest BCUT2D eigenvalue weighted by molar-refractivity contribution is -0.132. The molecule has 3 heterocycles. The van der Waals surface area contributed by atoms with Crippen LogP contribution in [0.4, 0.5) is 11.8 Å². The Morgan fingerprint density at radius 1 is 1.13 bits per heavy atom. The van der Waals surface area contributed by atoms with Crippen molar-refractivity contribution in [3.8, 4) is 0 Å². The second kappa shape index (κ2) is 9.43. The van der Waals surface area contributed by atoms with Crippen molar-refractivity contribution in [1.29, 1.82) is 0 Å². The minimum Gasteiger partial charge on any atom is -0.368 e. The van der Waals surface area contributed by atoms with Crippen molar-refractivity contribution in [2.24, 2.45) is 0 Å². The van der Waals surface area contributed by atoms with Crippen molar-refractivity contribution in [2.75, 3.05) is 43.9 Å². The molecule has 1 aromatic heterocycles. The lowest BCUT2D eigenvalue weighted by Crippen LogP contribution is -2.38. The third-order valence-electron chi connectivity index (χ3n) is 6.41. The predicted molar refractivity (Wildman–Crippen MR) is 119 cm³/mol. The molecule has 7 nitrogen and oxygen atoms in total. The zero-order chi connectivity index (χ0) is 20.9. The number of aryl methyl sites for hydroxylation is 1. The summed E-state index contributed by atoms with van der Waals surface area (Å²) in [5, 5.41) is 3.34. The molecule has 1 aromatic carbocycles. The molecule has 0 saturated carbocycles. The summed E-state index contributed by atoms with van der Waals surface area (Å²) in [7, 11) is 2.00. The predicted octanol–water partition coefficient (Wildman–Crippen LogP) is 2.20. The molecule has 3 N–H and O–H groups in total. The summed E-state index contributed by atoms with van der Waals surface area (Å²) < 4.78 is 0. The topological polar surface area (TPSA) is 87.4 Å². The lowest BCUT2D eigenvalue weighted by Gasteiger charge is -2.32. The molecule has 1 amide bonds. The number of nitrogens with zero attached hydrogens (tertiary/aromatic N) is 4. The van der Waals surface area contributed by atoms with E-state index in [0.29, 0.717) is 24.3 Å². The standard InChI is InChI=1S/C23H32N6O/c1-25-19-11-14-29(16-19)21-15-20(26-23(24)27-21)18-9-12-28(13-10-18)22(30)8-7-17-5-3-2-4-6-17/h2-6,15,18-19,25H,7-14,16H2,1H3,(H2,24,26,27)/t19-/m1/s1. The largest absolute Gasteiger partial charge is 0.368 e. The van der Waals surface area contributed by atoms with Gasteiger partial charge < -0.3 is 20.9 Å². The van der Waals surface area contributed by atoms with E-state index in [-0.39, 0.29) is 5.91 Å². The Hall–Kier alpha value is -2.67. The maximum atomic E-state index is 12.6. The first-order valence-corrected chi connectivity index (χ1v) is 11.0. The molecule has 2 saturated heterocycles. The summed E-state index contributed by atoms with van der Waals surface area (Å²) in [6, 6.07) is 12.8. The Balaban J connectivity index is 1.33. The highest BCUT2D eigenvalue weighted by molar-refractivity contribution is 5.76. The minimum atomic E-state index is 0.246. The molecule has 0 spiro atoms. The van der Waals surface area contributed by atoms with Crippen LogP contribution < -0.4 is 16.0 Å². The normalized spacial score (nSPS) is 20.0. The molecule has 2 aliphatic heterocycles. The summed E-state index contributed by atoms with van der Waals surface area (Å²) in [6.45, 7) is 3.49. The molecule has 4 rings (SSSR count). The van der Waals surface area contributed by atoms with Gasteiger partial charge in [0.2, 0.25) is 11.9 Å². The monoisotopic (exact) mass is 408 g/mol. The van der Waals surface area contributed by atoms with Gasteiger partial charge in [0.25, 0.3) is 0 Å². The second-order valence-electron chi connectivity index (χ2n) is 8.37. The van der Waals surface area contributed by atoms with Crippen molar-refractivity contribution >= 4 is 17.7 Å². The first kappa shape index (κ1) is 20.6. The van der Waals surface area contributed by atoms with Gasteiger partial charge in [-0.25, -0.2) is 4.98 Å². The third-order valence-corrected chi connectivity index (χ3v) is 6.41. The molecule has 0 unspecified atom stereocenters. The van der Waals surface area contributed by atoms with Crippen LogP contribution in [0.3, 0.4) is 0 Å². The van der Waals surface area contributed by atoms with Crippen LogP contribution in [0.2, 0.25) is 0 Å². The van der Waals surface area contributed by atoms with E-state index in [4.69, 9.17) is 5.73 Å². The molecule has 0 bridgehead atoms. The van der Waals surface area contributed by atoms with Gasteiger partial charge >= 0.3 is 0 Å². The summed E-state index contributed by atoms with van der Waals surface area (Å²) in [5.74, 6) is 1.85. The van der Waals surface area contributed by atoms with Gasteiger partial charge in [-0.05, 0) is 38.3 Å². The van der Waals surface area contributed by atoms with Crippen LogP contribution in [0, 0.1) is 0 Å². The maximum absolute atomic E-state index is 12.6. The van der Waals surface area contributed by atoms with Gasteiger partial charge in [-0.15, -0.1) is 0 Å². The smallest absolute Gasteiger partial charge is 0.222 e. The van der Waals surface area contributed by atoms with Crippen LogP contribution in [0.5, 0.6) is 0 Å². The van der Waals surface area contributed by atoms with Crippen molar-refractivity contribution in [3.63, 3.8) is 0 Å². The quantitative estimate of drug-likeness (QED) is 0.762. The van der Waals surface area contributed by atoms with Crippen molar-refractivity contribution < 1.29 is 4.79 Å². The van der Waals surface area contributed by atoms with Crippen LogP contribution in [-0.2, 0) is 11.2 Å². The van der Waals surface area contributed by atoms with Crippen molar-refractivity contribution in [1.82, 2.24) is 20.2 Å². The fourth-order valence-corrected chi connectivity index (χ4v) is 4.53. The van der Waals surface area contributed by atoms with Gasteiger partial charge in [0.05, 0.1) is 5.69 Å². The second-order valence-corrected chi connectivity index (χ2v) is 8.37. The molecule has 7 heteroatoms. The first-order valence-electron chi connectivity index (χ1n) is 11.0. The van der Waals surface area contributed by atoms with Gasteiger partial charge in [0.1, 0.15) is 5.82 Å². The molecular formula is C23H32N6O. The van der Waals surface area contributed by atoms with E-state index in [2.05, 4.69) is 38.4 Å². The number of benzene rings is 1. The molecule has 2 fully saturated rings. The number of likely N-dealkylation sites (tertiary alicyclic amines) is 1. The Labute approximate surface area is 178 Å². The average Bonchev–Trinajstić information content (AvgIpc) is 3.27. The van der Waals surface area contributed by atoms with Crippen LogP contribution in [0.1, 0.15) is 42.9 Å². The number of amides is 1. The van der Waals surface area contributed by atoms with Gasteiger partial charge in [0.15, 0.2) is 0 Å². The minimum absolute atomic E-state index is 0.246. The summed E-state index contributed by atoms with van der Waals surface area (Å²) >= 11 is 0. The molecule has 30 heavy (non-hydrogen) atoms. The zero-order valence-corrected chi connectivity index (χ0v) is 17.8. The van der Waals surface area contributed by atoms with Crippen molar-refractivity contribution in [3.05, 3.63) is 47.7 Å². The van der Waals surface area contributed by atoms with Crippen molar-refractivity contribution in [2.45, 2.75) is 44.1 Å². The fourth-order valence-electron chi connectivity index (χ4n) is 4.53. The van der Waals surface area contributed by atoms with E-state index >= 15 is 0 Å². The Bertz CT molecular complexity index is 850. The third kappa shape index (κ3) is 4.90.